The number of hydrogen-bond acceptors (Lipinski definition) is 5. The first-order chi connectivity index (χ1) is 14.3. The Hall–Kier alpha value is -3.09. The molecular weight excluding hydrogens is 364 g/mol. The van der Waals surface area contributed by atoms with E-state index in [1.54, 1.807) is 6.33 Å². The Morgan fingerprint density at radius 3 is 3.14 bits per heavy atom. The fourth-order valence-corrected chi connectivity index (χ4v) is 4.64. The van der Waals surface area contributed by atoms with Crippen LogP contribution < -0.4 is 15.5 Å². The van der Waals surface area contributed by atoms with E-state index >= 15 is 0 Å². The highest BCUT2D eigenvalue weighted by atomic mass is 16.2. The van der Waals surface area contributed by atoms with Crippen LogP contribution in [0.2, 0.25) is 0 Å². The Kier molecular flexibility index (Phi) is 4.79. The van der Waals surface area contributed by atoms with E-state index in [0.717, 1.165) is 61.3 Å². The number of fused-ring (bicyclic) bond motifs is 2. The topological polar surface area (TPSA) is 85.9 Å². The Morgan fingerprint density at radius 1 is 1.21 bits per heavy atom. The zero-order chi connectivity index (χ0) is 19.6. The number of nitrogens with one attached hydrogen (secondary N) is 3. The van der Waals surface area contributed by atoms with Gasteiger partial charge in [-0.3, -0.25) is 4.79 Å². The average molecular weight is 390 g/mol. The maximum Gasteiger partial charge on any atom is 0.239 e. The van der Waals surface area contributed by atoms with Crippen molar-refractivity contribution in [1.29, 1.82) is 0 Å². The van der Waals surface area contributed by atoms with Crippen LogP contribution in [0.3, 0.4) is 0 Å². The molecule has 0 radical (unpaired) electrons. The first kappa shape index (κ1) is 18.0. The molecule has 1 aromatic carbocycles. The van der Waals surface area contributed by atoms with Crippen LogP contribution in [0.4, 0.5) is 11.5 Å². The molecule has 150 valence electrons. The van der Waals surface area contributed by atoms with Crippen molar-refractivity contribution in [3.05, 3.63) is 47.9 Å². The van der Waals surface area contributed by atoms with Crippen molar-refractivity contribution < 1.29 is 4.79 Å². The van der Waals surface area contributed by atoms with Crippen molar-refractivity contribution in [3.63, 3.8) is 0 Å². The lowest BCUT2D eigenvalue weighted by Crippen LogP contribution is -2.49. The molecule has 3 aromatic rings. The number of aromatic amines is 1. The number of anilines is 2. The van der Waals surface area contributed by atoms with Crippen molar-refractivity contribution >= 4 is 28.4 Å². The second kappa shape index (κ2) is 7.73. The molecule has 1 aliphatic heterocycles. The molecule has 7 heteroatoms. The number of aromatic nitrogens is 3. The number of benzene rings is 1. The lowest BCUT2D eigenvalue weighted by Gasteiger charge is -2.34. The first-order valence-corrected chi connectivity index (χ1v) is 10.4. The molecule has 7 nitrogen and oxygen atoms in total. The molecule has 1 amide bonds. The van der Waals surface area contributed by atoms with Gasteiger partial charge >= 0.3 is 0 Å². The van der Waals surface area contributed by atoms with Crippen LogP contribution >= 0.6 is 0 Å². The number of H-pyrrole nitrogens is 1. The molecule has 29 heavy (non-hydrogen) atoms. The minimum Gasteiger partial charge on any atom is -0.376 e. The summed E-state index contributed by atoms with van der Waals surface area (Å²) < 4.78 is 0. The summed E-state index contributed by atoms with van der Waals surface area (Å²) in [5.74, 6) is 0.982. The van der Waals surface area contributed by atoms with Crippen LogP contribution in [-0.4, -0.2) is 46.5 Å². The minimum atomic E-state index is 0.0435. The van der Waals surface area contributed by atoms with Gasteiger partial charge in [0.05, 0.1) is 11.9 Å². The highest BCUT2D eigenvalue weighted by Gasteiger charge is 2.24. The summed E-state index contributed by atoms with van der Waals surface area (Å²) in [7, 11) is 0. The molecule has 3 N–H and O–H groups in total. The lowest BCUT2D eigenvalue weighted by molar-refractivity contribution is -0.120. The van der Waals surface area contributed by atoms with Gasteiger partial charge in [0.2, 0.25) is 5.91 Å². The van der Waals surface area contributed by atoms with Crippen LogP contribution in [0.15, 0.2) is 36.8 Å². The first-order valence-electron chi connectivity index (χ1n) is 10.4. The zero-order valence-corrected chi connectivity index (χ0v) is 16.4. The smallest absolute Gasteiger partial charge is 0.239 e. The Bertz CT molecular complexity index is 1030. The van der Waals surface area contributed by atoms with Crippen molar-refractivity contribution in [1.82, 2.24) is 20.3 Å². The zero-order valence-electron chi connectivity index (χ0n) is 16.4. The van der Waals surface area contributed by atoms with Gasteiger partial charge in [0.15, 0.2) is 0 Å². The molecule has 2 aliphatic rings. The molecule has 0 unspecified atom stereocenters. The van der Waals surface area contributed by atoms with Gasteiger partial charge in [-0.05, 0) is 55.4 Å². The number of rotatable bonds is 5. The maximum absolute atomic E-state index is 12.6. The third kappa shape index (κ3) is 3.64. The molecule has 0 bridgehead atoms. The van der Waals surface area contributed by atoms with Gasteiger partial charge in [-0.25, -0.2) is 9.97 Å². The standard InChI is InChI=1S/C22H26N6O/c29-20(12-24-19-8-2-5-15-4-1-7-17(15)19)27-16-6-3-11-28(13-16)22-18-9-10-23-21(18)25-14-26-22/h2,5,8-10,14,16,24H,1,3-4,6-7,11-13H2,(H,27,29)(H,23,25,26)/t16-/m0/s1. The summed E-state index contributed by atoms with van der Waals surface area (Å²) in [6.45, 7) is 2.02. The molecular formula is C22H26N6O. The molecule has 0 spiro atoms. The van der Waals surface area contributed by atoms with E-state index in [1.807, 2.05) is 12.3 Å². The Labute approximate surface area is 169 Å². The van der Waals surface area contributed by atoms with E-state index in [1.165, 1.54) is 17.5 Å². The summed E-state index contributed by atoms with van der Waals surface area (Å²) in [5, 5.41) is 7.58. The Morgan fingerprint density at radius 2 is 2.17 bits per heavy atom. The van der Waals surface area contributed by atoms with E-state index in [4.69, 9.17) is 0 Å². The molecule has 0 saturated carbocycles. The third-order valence-electron chi connectivity index (χ3n) is 6.00. The van der Waals surface area contributed by atoms with Gasteiger partial charge in [-0.1, -0.05) is 12.1 Å². The molecule has 2 aromatic heterocycles. The van der Waals surface area contributed by atoms with Gasteiger partial charge in [0.25, 0.3) is 0 Å². The van der Waals surface area contributed by atoms with Crippen LogP contribution in [-0.2, 0) is 17.6 Å². The van der Waals surface area contributed by atoms with Gasteiger partial charge in [-0.2, -0.15) is 0 Å². The van der Waals surface area contributed by atoms with E-state index in [2.05, 4.69) is 48.7 Å². The second-order valence-electron chi connectivity index (χ2n) is 7.94. The molecule has 1 atom stereocenters. The molecule has 1 aliphatic carbocycles. The van der Waals surface area contributed by atoms with Crippen LogP contribution in [0.5, 0.6) is 0 Å². The largest absolute Gasteiger partial charge is 0.376 e. The Balaban J connectivity index is 1.20. The van der Waals surface area contributed by atoms with E-state index < -0.39 is 0 Å². The summed E-state index contributed by atoms with van der Waals surface area (Å²) >= 11 is 0. The number of nitrogens with zero attached hydrogens (tertiary/aromatic N) is 3. The predicted molar refractivity (Wildman–Crippen MR) is 114 cm³/mol. The second-order valence-corrected chi connectivity index (χ2v) is 7.94. The van der Waals surface area contributed by atoms with E-state index in [0.29, 0.717) is 6.54 Å². The van der Waals surface area contributed by atoms with Crippen LogP contribution in [0.25, 0.3) is 11.0 Å². The fourth-order valence-electron chi connectivity index (χ4n) is 4.64. The van der Waals surface area contributed by atoms with Gasteiger partial charge in [0.1, 0.15) is 17.8 Å². The van der Waals surface area contributed by atoms with E-state index in [-0.39, 0.29) is 11.9 Å². The van der Waals surface area contributed by atoms with Crippen molar-refractivity contribution in [2.75, 3.05) is 29.9 Å². The molecule has 3 heterocycles. The maximum atomic E-state index is 12.6. The predicted octanol–water partition coefficient (Wildman–Crippen LogP) is 2.64. The van der Waals surface area contributed by atoms with Crippen molar-refractivity contribution in [3.8, 4) is 0 Å². The monoisotopic (exact) mass is 390 g/mol. The van der Waals surface area contributed by atoms with E-state index in [9.17, 15) is 4.79 Å². The van der Waals surface area contributed by atoms with Gasteiger partial charge in [-0.15, -0.1) is 0 Å². The summed E-state index contributed by atoms with van der Waals surface area (Å²) in [5.41, 5.74) is 4.75. The number of carbonyl (C=O) groups excluding carboxylic acids is 1. The average Bonchev–Trinajstić information content (AvgIpc) is 3.41. The number of carbonyl (C=O) groups is 1. The third-order valence-corrected chi connectivity index (χ3v) is 6.00. The SMILES string of the molecule is O=C(CNc1cccc2c1CCC2)N[C@H]1CCCN(c2ncnc3[nH]ccc23)C1. The molecule has 1 saturated heterocycles. The summed E-state index contributed by atoms with van der Waals surface area (Å²) in [4.78, 5) is 26.7. The quantitative estimate of drug-likeness (QED) is 0.624. The van der Waals surface area contributed by atoms with Crippen LogP contribution in [0.1, 0.15) is 30.4 Å². The summed E-state index contributed by atoms with van der Waals surface area (Å²) in [6, 6.07) is 8.49. The van der Waals surface area contributed by atoms with Gasteiger partial charge < -0.3 is 20.5 Å². The highest BCUT2D eigenvalue weighted by Crippen LogP contribution is 2.28. The number of piperidine rings is 1. The van der Waals surface area contributed by atoms with Crippen molar-refractivity contribution in [2.24, 2.45) is 0 Å². The molecule has 1 fully saturated rings. The van der Waals surface area contributed by atoms with Gasteiger partial charge in [0, 0.05) is 31.0 Å². The molecule has 5 rings (SSSR count). The van der Waals surface area contributed by atoms with Crippen molar-refractivity contribution in [2.45, 2.75) is 38.1 Å². The number of amides is 1. The van der Waals surface area contributed by atoms with Crippen LogP contribution in [0, 0.1) is 0 Å². The lowest BCUT2D eigenvalue weighted by atomic mass is 10.1. The highest BCUT2D eigenvalue weighted by molar-refractivity contribution is 5.87. The normalized spacial score (nSPS) is 18.6. The fraction of sp³-hybridized carbons (Fsp3) is 0.409. The number of aryl methyl sites for hydroxylation is 1. The summed E-state index contributed by atoms with van der Waals surface area (Å²) in [6.07, 6.45) is 8.95. The number of hydrogen-bond donors (Lipinski definition) is 3. The minimum absolute atomic E-state index is 0.0435.